The van der Waals surface area contributed by atoms with Crippen molar-refractivity contribution in [3.05, 3.63) is 58.6 Å². The number of fused-ring (bicyclic) bond motifs is 2. The summed E-state index contributed by atoms with van der Waals surface area (Å²) in [5.74, 6) is -0.273. The molecule has 0 saturated carbocycles. The fourth-order valence-corrected chi connectivity index (χ4v) is 5.15. The lowest BCUT2D eigenvalue weighted by atomic mass is 10.0. The van der Waals surface area contributed by atoms with E-state index in [1.165, 1.54) is 20.9 Å². The van der Waals surface area contributed by atoms with Gasteiger partial charge in [0.25, 0.3) is 0 Å². The van der Waals surface area contributed by atoms with Crippen LogP contribution in [0.5, 0.6) is 0 Å². The molecule has 114 valence electrons. The van der Waals surface area contributed by atoms with Gasteiger partial charge in [-0.3, -0.25) is 4.79 Å². The highest BCUT2D eigenvalue weighted by atomic mass is 35.5. The van der Waals surface area contributed by atoms with E-state index in [2.05, 4.69) is 18.2 Å². The number of hydrogen-bond acceptors (Lipinski definition) is 3. The van der Waals surface area contributed by atoms with Gasteiger partial charge < -0.3 is 5.73 Å². The minimum atomic E-state index is -0.273. The molecule has 3 rings (SSSR count). The van der Waals surface area contributed by atoms with Gasteiger partial charge in [-0.25, -0.2) is 0 Å². The van der Waals surface area contributed by atoms with Crippen molar-refractivity contribution in [1.82, 2.24) is 0 Å². The average molecular weight is 350 g/mol. The second kappa shape index (κ2) is 6.57. The van der Waals surface area contributed by atoms with E-state index in [-0.39, 0.29) is 16.4 Å². The van der Waals surface area contributed by atoms with Crippen molar-refractivity contribution in [1.29, 1.82) is 0 Å². The van der Waals surface area contributed by atoms with Crippen molar-refractivity contribution >= 4 is 41.0 Å². The first-order valence-corrected chi connectivity index (χ1v) is 9.18. The average Bonchev–Trinajstić information content (AvgIpc) is 2.63. The molecule has 1 aliphatic heterocycles. The summed E-state index contributed by atoms with van der Waals surface area (Å²) in [5, 5.41) is 0.728. The van der Waals surface area contributed by atoms with E-state index in [1.54, 1.807) is 23.5 Å². The Morgan fingerprint density at radius 2 is 2.09 bits per heavy atom. The fraction of sp³-hybridized carbons (Fsp3) is 0.235. The van der Waals surface area contributed by atoms with Crippen LogP contribution < -0.4 is 5.73 Å². The van der Waals surface area contributed by atoms with Gasteiger partial charge in [0, 0.05) is 20.1 Å². The van der Waals surface area contributed by atoms with E-state index >= 15 is 0 Å². The van der Waals surface area contributed by atoms with Crippen molar-refractivity contribution < 1.29 is 4.79 Å². The van der Waals surface area contributed by atoms with Crippen LogP contribution in [-0.2, 0) is 11.2 Å². The van der Waals surface area contributed by atoms with E-state index in [0.717, 1.165) is 11.4 Å². The minimum Gasteiger partial charge on any atom is -0.369 e. The first-order valence-electron chi connectivity index (χ1n) is 7.04. The van der Waals surface area contributed by atoms with E-state index in [9.17, 15) is 4.79 Å². The third kappa shape index (κ3) is 3.29. The van der Waals surface area contributed by atoms with E-state index < -0.39 is 0 Å². The molecule has 2 aromatic rings. The number of rotatable bonds is 3. The standard InChI is InChI=1S/C17H16ClNOS2/c1-10(17(19)20)21-16-9-11-8-12(18)6-7-14(11)22-15-5-3-2-4-13(15)16/h2-8,10,16H,9H2,1H3,(H2,19,20)/t10-,16+/m0/s1. The SMILES string of the molecule is C[C@H](S[C@@H]1Cc2cc(Cl)ccc2Sc2ccccc21)C(N)=O. The summed E-state index contributed by atoms with van der Waals surface area (Å²) < 4.78 is 0. The zero-order valence-corrected chi connectivity index (χ0v) is 14.5. The Balaban J connectivity index is 2.02. The lowest BCUT2D eigenvalue weighted by molar-refractivity contribution is -0.117. The third-order valence-corrected chi connectivity index (χ3v) is 6.52. The number of hydrogen-bond donors (Lipinski definition) is 1. The summed E-state index contributed by atoms with van der Waals surface area (Å²) in [7, 11) is 0. The van der Waals surface area contributed by atoms with Crippen LogP contribution in [0.25, 0.3) is 0 Å². The van der Waals surface area contributed by atoms with Gasteiger partial charge in [0.05, 0.1) is 5.25 Å². The number of halogens is 1. The van der Waals surface area contributed by atoms with Crippen LogP contribution in [0.3, 0.4) is 0 Å². The zero-order chi connectivity index (χ0) is 15.7. The van der Waals surface area contributed by atoms with E-state index in [4.69, 9.17) is 17.3 Å². The fourth-order valence-electron chi connectivity index (χ4n) is 2.51. The third-order valence-electron chi connectivity index (χ3n) is 3.68. The smallest absolute Gasteiger partial charge is 0.230 e. The molecule has 0 aromatic heterocycles. The first-order chi connectivity index (χ1) is 10.5. The highest BCUT2D eigenvalue weighted by Gasteiger charge is 2.26. The van der Waals surface area contributed by atoms with Crippen molar-refractivity contribution in [2.75, 3.05) is 0 Å². The molecule has 22 heavy (non-hydrogen) atoms. The molecular weight excluding hydrogens is 334 g/mol. The quantitative estimate of drug-likeness (QED) is 0.873. The highest BCUT2D eigenvalue weighted by molar-refractivity contribution is 8.01. The Morgan fingerprint density at radius 3 is 2.86 bits per heavy atom. The van der Waals surface area contributed by atoms with Gasteiger partial charge in [0.2, 0.25) is 5.91 Å². The largest absolute Gasteiger partial charge is 0.369 e. The molecule has 2 aromatic carbocycles. The Hall–Kier alpha value is -1.10. The van der Waals surface area contributed by atoms with Crippen molar-refractivity contribution in [3.8, 4) is 0 Å². The molecular formula is C17H16ClNOS2. The lowest BCUT2D eigenvalue weighted by Crippen LogP contribution is -2.24. The maximum absolute atomic E-state index is 11.4. The summed E-state index contributed by atoms with van der Waals surface area (Å²) in [4.78, 5) is 13.9. The molecule has 0 bridgehead atoms. The van der Waals surface area contributed by atoms with Crippen LogP contribution in [0, 0.1) is 0 Å². The zero-order valence-electron chi connectivity index (χ0n) is 12.1. The normalized spacial score (nSPS) is 18.0. The number of carbonyl (C=O) groups is 1. The van der Waals surface area contributed by atoms with Crippen LogP contribution in [0.1, 0.15) is 23.3 Å². The van der Waals surface area contributed by atoms with Gasteiger partial charge in [-0.1, -0.05) is 41.6 Å². The molecule has 5 heteroatoms. The molecule has 0 aliphatic carbocycles. The van der Waals surface area contributed by atoms with Crippen LogP contribution >= 0.6 is 35.1 Å². The minimum absolute atomic E-state index is 0.200. The lowest BCUT2D eigenvalue weighted by Gasteiger charge is -2.19. The molecule has 1 amide bonds. The Kier molecular flexibility index (Phi) is 4.71. The number of amides is 1. The summed E-state index contributed by atoms with van der Waals surface area (Å²) in [6.45, 7) is 1.87. The van der Waals surface area contributed by atoms with E-state index in [1.807, 2.05) is 31.2 Å². The van der Waals surface area contributed by atoms with Gasteiger partial charge in [-0.2, -0.15) is 0 Å². The molecule has 0 saturated heterocycles. The number of thioether (sulfide) groups is 1. The molecule has 2 nitrogen and oxygen atoms in total. The van der Waals surface area contributed by atoms with Crippen LogP contribution in [0.2, 0.25) is 5.02 Å². The molecule has 1 heterocycles. The maximum Gasteiger partial charge on any atom is 0.230 e. The molecule has 0 fully saturated rings. The van der Waals surface area contributed by atoms with E-state index in [0.29, 0.717) is 0 Å². The molecule has 2 N–H and O–H groups in total. The van der Waals surface area contributed by atoms with Crippen LogP contribution in [0.15, 0.2) is 52.3 Å². The number of benzene rings is 2. The summed E-state index contributed by atoms with van der Waals surface area (Å²) >= 11 is 9.54. The molecule has 0 unspecified atom stereocenters. The van der Waals surface area contributed by atoms with Gasteiger partial charge in [-0.05, 0) is 48.7 Å². The van der Waals surface area contributed by atoms with Crippen LogP contribution in [0.4, 0.5) is 0 Å². The topological polar surface area (TPSA) is 43.1 Å². The Labute approximate surface area is 143 Å². The number of carbonyl (C=O) groups excluding carboxylic acids is 1. The van der Waals surface area contributed by atoms with Gasteiger partial charge in [0.1, 0.15) is 0 Å². The summed E-state index contributed by atoms with van der Waals surface area (Å²) in [5.41, 5.74) is 7.93. The van der Waals surface area contributed by atoms with Gasteiger partial charge in [-0.15, -0.1) is 11.8 Å². The predicted molar refractivity (Wildman–Crippen MR) is 94.7 cm³/mol. The van der Waals surface area contributed by atoms with Crippen molar-refractivity contribution in [2.24, 2.45) is 5.73 Å². The second-order valence-electron chi connectivity index (χ2n) is 5.27. The van der Waals surface area contributed by atoms with Crippen molar-refractivity contribution in [3.63, 3.8) is 0 Å². The molecule has 0 radical (unpaired) electrons. The maximum atomic E-state index is 11.4. The Morgan fingerprint density at radius 1 is 1.32 bits per heavy atom. The number of nitrogens with two attached hydrogens (primary N) is 1. The van der Waals surface area contributed by atoms with Crippen molar-refractivity contribution in [2.45, 2.75) is 33.6 Å². The highest BCUT2D eigenvalue weighted by Crippen LogP contribution is 2.47. The monoisotopic (exact) mass is 349 g/mol. The molecule has 2 atom stereocenters. The predicted octanol–water partition coefficient (Wildman–Crippen LogP) is 4.70. The first kappa shape index (κ1) is 15.8. The summed E-state index contributed by atoms with van der Waals surface area (Å²) in [6.07, 6.45) is 0.849. The number of primary amides is 1. The van der Waals surface area contributed by atoms with Gasteiger partial charge in [0.15, 0.2) is 0 Å². The Bertz CT molecular complexity index is 720. The molecule has 0 spiro atoms. The molecule has 1 aliphatic rings. The summed E-state index contributed by atoms with van der Waals surface area (Å²) in [6, 6.07) is 14.4. The second-order valence-corrected chi connectivity index (χ2v) is 8.33. The van der Waals surface area contributed by atoms with Gasteiger partial charge >= 0.3 is 0 Å². The van der Waals surface area contributed by atoms with Crippen LogP contribution in [-0.4, -0.2) is 11.2 Å².